The van der Waals surface area contributed by atoms with Crippen LogP contribution in [0.15, 0.2) is 36.4 Å². The standard InChI is InChI=1S/C33H52O4.H4O5P2/c1-28(2,3)22-13-23(29(4,5)6)16-26(15-22)33(37,32(19-34,20-35)21-36)27-17-24(30(7,8)9)14-25(18-27)31(10,11)12;1-6(2)5-7(3)4/h13-18,34-37H,19-21H2,1-12H3;1-4H. The molecule has 11 heteroatoms. The average Bonchev–Trinajstić information content (AvgIpc) is 2.86. The predicted molar refractivity (Wildman–Crippen MR) is 178 cm³/mol. The zero-order valence-corrected chi connectivity index (χ0v) is 30.3. The number of hydrogen-bond acceptors (Lipinski definition) is 9. The van der Waals surface area contributed by atoms with E-state index in [-0.39, 0.29) is 21.7 Å². The van der Waals surface area contributed by atoms with Gasteiger partial charge in [0.15, 0.2) is 0 Å². The van der Waals surface area contributed by atoms with E-state index in [1.54, 1.807) is 0 Å². The molecule has 0 atom stereocenters. The lowest BCUT2D eigenvalue weighted by Gasteiger charge is -2.46. The molecule has 0 heterocycles. The molecule has 2 aromatic carbocycles. The fraction of sp³-hybridized carbons (Fsp3) is 0.636. The van der Waals surface area contributed by atoms with Gasteiger partial charge in [0.05, 0.1) is 25.2 Å². The van der Waals surface area contributed by atoms with E-state index in [1.807, 2.05) is 24.3 Å². The van der Waals surface area contributed by atoms with Gasteiger partial charge < -0.3 is 40.0 Å². The van der Waals surface area contributed by atoms with E-state index in [2.05, 4.69) is 99.5 Å². The molecule has 252 valence electrons. The highest BCUT2D eigenvalue weighted by molar-refractivity contribution is 7.53. The molecule has 44 heavy (non-hydrogen) atoms. The summed E-state index contributed by atoms with van der Waals surface area (Å²) in [5, 5.41) is 45.0. The van der Waals surface area contributed by atoms with E-state index in [1.165, 1.54) is 0 Å². The minimum Gasteiger partial charge on any atom is -0.395 e. The van der Waals surface area contributed by atoms with Gasteiger partial charge in [-0.2, -0.15) is 0 Å². The second-order valence-corrected chi connectivity index (χ2v) is 17.3. The van der Waals surface area contributed by atoms with Crippen LogP contribution >= 0.6 is 17.2 Å². The van der Waals surface area contributed by atoms with Crippen molar-refractivity contribution in [2.24, 2.45) is 5.41 Å². The van der Waals surface area contributed by atoms with Crippen molar-refractivity contribution < 1.29 is 44.3 Å². The van der Waals surface area contributed by atoms with E-state index >= 15 is 0 Å². The topological polar surface area (TPSA) is 171 Å². The lowest BCUT2D eigenvalue weighted by Crippen LogP contribution is -2.54. The Bertz CT molecular complexity index is 1060. The SMILES string of the molecule is CC(C)(C)c1cc(C(C)(C)C)cc(C(O)(c2cc(C(C)(C)C)cc(C(C)(C)C)c2)C(CO)(CO)CO)c1.OP(O)OP(O)O. The van der Waals surface area contributed by atoms with Gasteiger partial charge in [-0.1, -0.05) is 119 Å². The minimum absolute atomic E-state index is 0.207. The van der Waals surface area contributed by atoms with Crippen molar-refractivity contribution in [3.63, 3.8) is 0 Å². The second-order valence-electron chi connectivity index (χ2n) is 15.7. The van der Waals surface area contributed by atoms with Crippen LogP contribution in [-0.4, -0.2) is 59.8 Å². The first-order chi connectivity index (χ1) is 19.7. The van der Waals surface area contributed by atoms with Crippen molar-refractivity contribution in [3.05, 3.63) is 69.8 Å². The molecule has 0 fully saturated rings. The Morgan fingerprint density at radius 2 is 0.659 bits per heavy atom. The van der Waals surface area contributed by atoms with Gasteiger partial charge in [0.1, 0.15) is 5.60 Å². The Morgan fingerprint density at radius 3 is 0.795 bits per heavy atom. The molecule has 0 saturated carbocycles. The minimum atomic E-state index is -2.61. The number of hydrogen-bond donors (Lipinski definition) is 8. The lowest BCUT2D eigenvalue weighted by atomic mass is 9.63. The van der Waals surface area contributed by atoms with Gasteiger partial charge in [-0.15, -0.1) is 0 Å². The zero-order valence-electron chi connectivity index (χ0n) is 28.5. The first kappa shape index (κ1) is 41.0. The van der Waals surface area contributed by atoms with Crippen molar-refractivity contribution in [1.82, 2.24) is 0 Å². The second kappa shape index (κ2) is 14.8. The third-order valence-corrected chi connectivity index (χ3v) is 9.16. The van der Waals surface area contributed by atoms with Crippen LogP contribution in [0.2, 0.25) is 0 Å². The molecule has 0 aliphatic carbocycles. The normalized spacial score (nSPS) is 13.8. The third kappa shape index (κ3) is 9.97. The van der Waals surface area contributed by atoms with Crippen molar-refractivity contribution >= 4 is 17.2 Å². The van der Waals surface area contributed by atoms with Crippen molar-refractivity contribution in [3.8, 4) is 0 Å². The monoisotopic (exact) mass is 658 g/mol. The molecule has 0 spiro atoms. The Labute approximate surface area is 266 Å². The van der Waals surface area contributed by atoms with Crippen molar-refractivity contribution in [2.75, 3.05) is 19.8 Å². The predicted octanol–water partition coefficient (Wildman–Crippen LogP) is 5.50. The van der Waals surface area contributed by atoms with Gasteiger partial charge in [0.25, 0.3) is 0 Å². The zero-order chi connectivity index (χ0) is 34.7. The summed E-state index contributed by atoms with van der Waals surface area (Å²) in [4.78, 5) is 31.3. The van der Waals surface area contributed by atoms with Gasteiger partial charge in [-0.05, 0) is 55.0 Å². The van der Waals surface area contributed by atoms with Crippen LogP contribution in [0.5, 0.6) is 0 Å². The molecule has 0 unspecified atom stereocenters. The van der Waals surface area contributed by atoms with Gasteiger partial charge in [0.2, 0.25) is 0 Å². The van der Waals surface area contributed by atoms with Crippen LogP contribution in [-0.2, 0) is 31.6 Å². The van der Waals surface area contributed by atoms with Crippen LogP contribution in [0, 0.1) is 5.41 Å². The maximum Gasteiger partial charge on any atom is 0.334 e. The van der Waals surface area contributed by atoms with Gasteiger partial charge in [-0.25, -0.2) is 4.31 Å². The summed E-state index contributed by atoms with van der Waals surface area (Å²) in [7, 11) is -5.22. The van der Waals surface area contributed by atoms with E-state index < -0.39 is 48.0 Å². The Kier molecular flexibility index (Phi) is 13.8. The maximum absolute atomic E-state index is 12.9. The van der Waals surface area contributed by atoms with E-state index in [9.17, 15) is 20.4 Å². The fourth-order valence-corrected chi connectivity index (χ4v) is 5.27. The quantitative estimate of drug-likeness (QED) is 0.171. The average molecular weight is 659 g/mol. The fourth-order valence-electron chi connectivity index (χ4n) is 4.74. The van der Waals surface area contributed by atoms with Gasteiger partial charge >= 0.3 is 17.2 Å². The first-order valence-electron chi connectivity index (χ1n) is 14.6. The summed E-state index contributed by atoms with van der Waals surface area (Å²) in [5.41, 5.74) is 0.972. The van der Waals surface area contributed by atoms with E-state index in [0.29, 0.717) is 11.1 Å². The van der Waals surface area contributed by atoms with E-state index in [4.69, 9.17) is 19.6 Å². The number of aliphatic hydroxyl groups excluding tert-OH is 3. The molecule has 0 aliphatic heterocycles. The number of aliphatic hydroxyl groups is 4. The Morgan fingerprint density at radius 1 is 0.455 bits per heavy atom. The van der Waals surface area contributed by atoms with Crippen LogP contribution < -0.4 is 0 Å². The molecular formula is C33H56O9P2. The number of benzene rings is 2. The molecule has 2 aromatic rings. The molecule has 0 saturated heterocycles. The molecular weight excluding hydrogens is 602 g/mol. The molecule has 9 nitrogen and oxygen atoms in total. The van der Waals surface area contributed by atoms with Crippen molar-refractivity contribution in [2.45, 2.75) is 110 Å². The highest BCUT2D eigenvalue weighted by Gasteiger charge is 2.53. The molecule has 0 amide bonds. The first-order valence-corrected chi connectivity index (χ1v) is 16.9. The summed E-state index contributed by atoms with van der Waals surface area (Å²) < 4.78 is 3.60. The van der Waals surface area contributed by atoms with Gasteiger partial charge in [-0.3, -0.25) is 0 Å². The summed E-state index contributed by atoms with van der Waals surface area (Å²) in [6, 6.07) is 12.3. The molecule has 0 aromatic heterocycles. The highest BCUT2D eigenvalue weighted by atomic mass is 31.2. The summed E-state index contributed by atoms with van der Waals surface area (Å²) >= 11 is 0. The van der Waals surface area contributed by atoms with Crippen LogP contribution in [0.4, 0.5) is 0 Å². The van der Waals surface area contributed by atoms with Crippen LogP contribution in [0.3, 0.4) is 0 Å². The smallest absolute Gasteiger partial charge is 0.334 e. The van der Waals surface area contributed by atoms with E-state index in [0.717, 1.165) is 22.3 Å². The third-order valence-electron chi connectivity index (χ3n) is 7.99. The lowest BCUT2D eigenvalue weighted by molar-refractivity contribution is -0.136. The molecule has 0 radical (unpaired) electrons. The van der Waals surface area contributed by atoms with Crippen LogP contribution in [0.1, 0.15) is 116 Å². The summed E-state index contributed by atoms with van der Waals surface area (Å²) in [6.07, 6.45) is 0. The summed E-state index contributed by atoms with van der Waals surface area (Å²) in [6.45, 7) is 23.8. The maximum atomic E-state index is 12.9. The molecule has 2 rings (SSSR count). The van der Waals surface area contributed by atoms with Gasteiger partial charge in [0, 0.05) is 0 Å². The number of rotatable bonds is 8. The van der Waals surface area contributed by atoms with Crippen molar-refractivity contribution in [1.29, 1.82) is 0 Å². The molecule has 0 aliphatic rings. The Balaban J connectivity index is 0.00000123. The molecule has 8 N–H and O–H groups in total. The highest BCUT2D eigenvalue weighted by Crippen LogP contribution is 2.49. The molecule has 0 bridgehead atoms. The largest absolute Gasteiger partial charge is 0.395 e. The van der Waals surface area contributed by atoms with Crippen LogP contribution in [0.25, 0.3) is 0 Å². The summed E-state index contributed by atoms with van der Waals surface area (Å²) in [5.74, 6) is 0. The Hall–Kier alpha value is -1.06.